The second-order valence-electron chi connectivity index (χ2n) is 4.22. The summed E-state index contributed by atoms with van der Waals surface area (Å²) < 4.78 is 37.7. The molecule has 0 aromatic heterocycles. The largest absolute Gasteiger partial charge is 0.416 e. The zero-order valence-corrected chi connectivity index (χ0v) is 11.5. The van der Waals surface area contributed by atoms with Crippen molar-refractivity contribution < 1.29 is 13.2 Å². The zero-order valence-electron chi connectivity index (χ0n) is 9.89. The first kappa shape index (κ1) is 14.6. The Morgan fingerprint density at radius 2 is 1.94 bits per heavy atom. The van der Waals surface area contributed by atoms with E-state index in [1.807, 2.05) is 6.92 Å². The van der Waals surface area contributed by atoms with Gasteiger partial charge in [0.1, 0.15) is 0 Å². The van der Waals surface area contributed by atoms with Crippen molar-refractivity contribution in [3.8, 4) is 0 Å². The molecule has 0 amide bonds. The molecule has 0 N–H and O–H groups in total. The maximum atomic E-state index is 12.6. The van der Waals surface area contributed by atoms with Gasteiger partial charge in [0.15, 0.2) is 0 Å². The van der Waals surface area contributed by atoms with Crippen LogP contribution in [0.3, 0.4) is 0 Å². The molecular weight excluding hydrogens is 293 g/mol. The maximum Gasteiger partial charge on any atom is 0.416 e. The van der Waals surface area contributed by atoms with Gasteiger partial charge in [-0.25, -0.2) is 0 Å². The molecule has 1 aromatic carbocycles. The third kappa shape index (κ3) is 4.02. The molecule has 0 radical (unpaired) electrons. The summed E-state index contributed by atoms with van der Waals surface area (Å²) in [5, 5.41) is 0. The van der Waals surface area contributed by atoms with Crippen molar-refractivity contribution in [3.05, 3.63) is 35.4 Å². The van der Waals surface area contributed by atoms with Crippen LogP contribution < -0.4 is 0 Å². The molecule has 0 spiro atoms. The molecule has 0 aliphatic heterocycles. The van der Waals surface area contributed by atoms with Gasteiger partial charge in [0.05, 0.1) is 5.56 Å². The van der Waals surface area contributed by atoms with Crippen LogP contribution in [0.25, 0.3) is 0 Å². The summed E-state index contributed by atoms with van der Waals surface area (Å²) >= 11 is 3.53. The normalized spacial score (nSPS) is 15.6. The highest BCUT2D eigenvalue weighted by atomic mass is 79.9. The molecule has 0 saturated carbocycles. The first-order valence-corrected chi connectivity index (χ1v) is 6.59. The van der Waals surface area contributed by atoms with E-state index in [-0.39, 0.29) is 10.7 Å². The number of hydrogen-bond acceptors (Lipinski definition) is 0. The van der Waals surface area contributed by atoms with E-state index in [4.69, 9.17) is 0 Å². The van der Waals surface area contributed by atoms with E-state index < -0.39 is 11.7 Å². The Labute approximate surface area is 108 Å². The summed E-state index contributed by atoms with van der Waals surface area (Å²) in [5.74, 6) is 0.0808. The van der Waals surface area contributed by atoms with E-state index in [9.17, 15) is 13.2 Å². The van der Waals surface area contributed by atoms with Crippen molar-refractivity contribution in [2.45, 2.75) is 43.6 Å². The summed E-state index contributed by atoms with van der Waals surface area (Å²) in [4.78, 5) is 0.219. The molecule has 2 atom stereocenters. The molecule has 0 bridgehead atoms. The van der Waals surface area contributed by atoms with Gasteiger partial charge in [0.2, 0.25) is 0 Å². The predicted molar refractivity (Wildman–Crippen MR) is 67.5 cm³/mol. The molecule has 0 aliphatic carbocycles. The van der Waals surface area contributed by atoms with Crippen LogP contribution in [-0.2, 0) is 6.18 Å². The molecule has 96 valence electrons. The van der Waals surface area contributed by atoms with Crippen LogP contribution in [0.5, 0.6) is 0 Å². The van der Waals surface area contributed by atoms with E-state index in [2.05, 4.69) is 22.9 Å². The van der Waals surface area contributed by atoms with Crippen LogP contribution in [0.1, 0.15) is 43.7 Å². The lowest BCUT2D eigenvalue weighted by Gasteiger charge is -2.19. The molecule has 0 heterocycles. The van der Waals surface area contributed by atoms with Crippen molar-refractivity contribution in [1.82, 2.24) is 0 Å². The van der Waals surface area contributed by atoms with Crippen LogP contribution in [0.4, 0.5) is 13.2 Å². The molecule has 0 aliphatic rings. The summed E-state index contributed by atoms with van der Waals surface area (Å²) in [5.41, 5.74) is 0.160. The molecule has 2 unspecified atom stereocenters. The molecule has 17 heavy (non-hydrogen) atoms. The van der Waals surface area contributed by atoms with Crippen LogP contribution in [-0.4, -0.2) is 4.83 Å². The number of rotatable bonds is 4. The lowest BCUT2D eigenvalue weighted by atomic mass is 9.94. The highest BCUT2D eigenvalue weighted by Gasteiger charge is 2.31. The fraction of sp³-hybridized carbons (Fsp3) is 0.538. The molecule has 1 aromatic rings. The topological polar surface area (TPSA) is 0 Å². The summed E-state index contributed by atoms with van der Waals surface area (Å²) in [7, 11) is 0. The average molecular weight is 309 g/mol. The molecule has 0 saturated heterocycles. The second-order valence-corrected chi connectivity index (χ2v) is 5.39. The van der Waals surface area contributed by atoms with Gasteiger partial charge in [0, 0.05) is 4.83 Å². The molecule has 0 fully saturated rings. The minimum absolute atomic E-state index is 0.0808. The molecule has 0 nitrogen and oxygen atoms in total. The van der Waals surface area contributed by atoms with Gasteiger partial charge in [-0.1, -0.05) is 54.4 Å². The van der Waals surface area contributed by atoms with Crippen molar-refractivity contribution in [3.63, 3.8) is 0 Å². The quantitative estimate of drug-likeness (QED) is 0.656. The van der Waals surface area contributed by atoms with Crippen molar-refractivity contribution >= 4 is 15.9 Å². The molecular formula is C13H16BrF3. The van der Waals surface area contributed by atoms with Gasteiger partial charge < -0.3 is 0 Å². The fourth-order valence-corrected chi connectivity index (χ4v) is 2.50. The lowest BCUT2D eigenvalue weighted by Crippen LogP contribution is -2.11. The van der Waals surface area contributed by atoms with Crippen molar-refractivity contribution in [1.29, 1.82) is 0 Å². The number of halogens is 4. The maximum absolute atomic E-state index is 12.6. The Kier molecular flexibility index (Phi) is 5.04. The Morgan fingerprint density at radius 1 is 1.29 bits per heavy atom. The first-order chi connectivity index (χ1) is 7.86. The SMILES string of the molecule is CCCC(Br)C(C)c1cccc(C(F)(F)F)c1. The third-order valence-electron chi connectivity index (χ3n) is 2.85. The van der Waals surface area contributed by atoms with Gasteiger partial charge in [-0.3, -0.25) is 0 Å². The van der Waals surface area contributed by atoms with E-state index in [0.717, 1.165) is 24.5 Å². The van der Waals surface area contributed by atoms with Gasteiger partial charge in [-0.2, -0.15) is 13.2 Å². The summed E-state index contributed by atoms with van der Waals surface area (Å²) in [6.45, 7) is 4.01. The molecule has 1 rings (SSSR count). The van der Waals surface area contributed by atoms with E-state index in [0.29, 0.717) is 0 Å². The Morgan fingerprint density at radius 3 is 2.47 bits per heavy atom. The highest BCUT2D eigenvalue weighted by molar-refractivity contribution is 9.09. The minimum Gasteiger partial charge on any atom is -0.166 e. The summed E-state index contributed by atoms with van der Waals surface area (Å²) in [6, 6.07) is 5.58. The smallest absolute Gasteiger partial charge is 0.166 e. The molecule has 4 heteroatoms. The monoisotopic (exact) mass is 308 g/mol. The number of alkyl halides is 4. The van der Waals surface area contributed by atoms with Crippen LogP contribution >= 0.6 is 15.9 Å². The van der Waals surface area contributed by atoms with E-state index in [1.54, 1.807) is 6.07 Å². The standard InChI is InChI=1S/C13H16BrF3/c1-3-5-12(14)9(2)10-6-4-7-11(8-10)13(15,16)17/h4,6-9,12H,3,5H2,1-2H3. The van der Waals surface area contributed by atoms with Crippen LogP contribution in [0.2, 0.25) is 0 Å². The van der Waals surface area contributed by atoms with Gasteiger partial charge in [-0.15, -0.1) is 0 Å². The lowest BCUT2D eigenvalue weighted by molar-refractivity contribution is -0.137. The van der Waals surface area contributed by atoms with Crippen LogP contribution in [0, 0.1) is 0 Å². The van der Waals surface area contributed by atoms with Gasteiger partial charge in [-0.05, 0) is 24.0 Å². The van der Waals surface area contributed by atoms with E-state index in [1.165, 1.54) is 12.1 Å². The first-order valence-electron chi connectivity index (χ1n) is 5.67. The Balaban J connectivity index is 2.92. The number of benzene rings is 1. The highest BCUT2D eigenvalue weighted by Crippen LogP contribution is 2.33. The van der Waals surface area contributed by atoms with Gasteiger partial charge in [0.25, 0.3) is 0 Å². The minimum atomic E-state index is -4.26. The van der Waals surface area contributed by atoms with E-state index >= 15 is 0 Å². The second kappa shape index (κ2) is 5.89. The fourth-order valence-electron chi connectivity index (χ4n) is 1.73. The Hall–Kier alpha value is -0.510. The van der Waals surface area contributed by atoms with Crippen molar-refractivity contribution in [2.24, 2.45) is 0 Å². The van der Waals surface area contributed by atoms with Crippen molar-refractivity contribution in [2.75, 3.05) is 0 Å². The average Bonchev–Trinajstić information content (AvgIpc) is 2.27. The summed E-state index contributed by atoms with van der Waals surface area (Å²) in [6.07, 6.45) is -2.29. The number of hydrogen-bond donors (Lipinski definition) is 0. The third-order valence-corrected chi connectivity index (χ3v) is 4.10. The van der Waals surface area contributed by atoms with Gasteiger partial charge >= 0.3 is 6.18 Å². The van der Waals surface area contributed by atoms with Crippen LogP contribution in [0.15, 0.2) is 24.3 Å². The zero-order chi connectivity index (χ0) is 13.1. The predicted octanol–water partition coefficient (Wildman–Crippen LogP) is 5.37. The Bertz CT molecular complexity index is 360.